The number of aryl methyl sites for hydroxylation is 1. The summed E-state index contributed by atoms with van der Waals surface area (Å²) in [7, 11) is 1.63. The Morgan fingerprint density at radius 2 is 1.81 bits per heavy atom. The first-order valence-electron chi connectivity index (χ1n) is 14.4. The number of nitrogens with one attached hydrogen (secondary N) is 2. The van der Waals surface area contributed by atoms with Gasteiger partial charge in [-0.3, -0.25) is 14.6 Å². The van der Waals surface area contributed by atoms with E-state index in [1.807, 2.05) is 65.2 Å². The number of ether oxygens (including phenoxy) is 1. The van der Waals surface area contributed by atoms with Gasteiger partial charge >= 0.3 is 0 Å². The molecule has 0 atom stereocenters. The van der Waals surface area contributed by atoms with Crippen LogP contribution in [0.4, 0.5) is 5.69 Å². The van der Waals surface area contributed by atoms with Crippen LogP contribution in [0.5, 0.6) is 5.75 Å². The molecule has 214 valence electrons. The van der Waals surface area contributed by atoms with Gasteiger partial charge in [-0.1, -0.05) is 35.9 Å². The second-order valence-electron chi connectivity index (χ2n) is 10.7. The predicted molar refractivity (Wildman–Crippen MR) is 169 cm³/mol. The highest BCUT2D eigenvalue weighted by Gasteiger charge is 2.19. The lowest BCUT2D eigenvalue weighted by Gasteiger charge is -2.22. The number of anilines is 1. The maximum Gasteiger partial charge on any atom is 0.256 e. The maximum atomic E-state index is 13.3. The normalized spacial score (nSPS) is 12.7. The van der Waals surface area contributed by atoms with Crippen LogP contribution in [0, 0.1) is 0 Å². The van der Waals surface area contributed by atoms with Gasteiger partial charge in [0.25, 0.3) is 5.91 Å². The van der Waals surface area contributed by atoms with E-state index in [-0.39, 0.29) is 16.9 Å². The first-order chi connectivity index (χ1) is 20.5. The largest absolute Gasteiger partial charge is 0.497 e. The van der Waals surface area contributed by atoms with Crippen LogP contribution in [0.25, 0.3) is 21.8 Å². The lowest BCUT2D eigenvalue weighted by molar-refractivity contribution is 0.0952. The molecule has 2 N–H and O–H groups in total. The van der Waals surface area contributed by atoms with E-state index in [0.29, 0.717) is 36.5 Å². The third-order valence-corrected chi connectivity index (χ3v) is 8.15. The van der Waals surface area contributed by atoms with Crippen LogP contribution in [-0.4, -0.2) is 35.7 Å². The lowest BCUT2D eigenvalue weighted by Crippen LogP contribution is -2.31. The molecule has 6 rings (SSSR count). The molecule has 0 spiro atoms. The van der Waals surface area contributed by atoms with Crippen molar-refractivity contribution in [2.45, 2.75) is 38.6 Å². The Bertz CT molecular complexity index is 1830. The first kappa shape index (κ1) is 27.8. The summed E-state index contributed by atoms with van der Waals surface area (Å²) < 4.78 is 7.23. The van der Waals surface area contributed by atoms with Crippen molar-refractivity contribution in [1.82, 2.24) is 14.9 Å². The minimum Gasteiger partial charge on any atom is -0.497 e. The van der Waals surface area contributed by atoms with E-state index < -0.39 is 0 Å². The van der Waals surface area contributed by atoms with Crippen molar-refractivity contribution < 1.29 is 9.53 Å². The molecule has 1 amide bonds. The van der Waals surface area contributed by atoms with Gasteiger partial charge in [0.1, 0.15) is 11.3 Å². The number of para-hydroxylation sites is 1. The zero-order chi connectivity index (χ0) is 29.1. The van der Waals surface area contributed by atoms with E-state index in [4.69, 9.17) is 21.3 Å². The van der Waals surface area contributed by atoms with Gasteiger partial charge in [-0.05, 0) is 85.7 Å². The molecule has 5 aromatic rings. The number of benzene rings is 3. The number of pyridine rings is 2. The lowest BCUT2D eigenvalue weighted by atomic mass is 9.92. The number of hydrogen-bond donors (Lipinski definition) is 2. The molecule has 0 bridgehead atoms. The van der Waals surface area contributed by atoms with Crippen LogP contribution < -0.4 is 20.8 Å². The molecule has 1 aliphatic carbocycles. The molecule has 0 radical (unpaired) electrons. The van der Waals surface area contributed by atoms with Gasteiger partial charge in [0.2, 0.25) is 5.43 Å². The fraction of sp³-hybridized carbons (Fsp3) is 0.265. The standard InChI is InChI=1S/C34H33ClN4O3/c1-42-24-14-11-22(12-15-24)20-39-21-28(33(40)27-8-3-5-10-31(27)39)34(41)37-18-6-17-36-32-25-7-2-4-9-29(25)38-30-19-23(35)13-16-26(30)32/h3,5,8,10-16,19,21H,2,4,6-7,9,17-18,20H2,1H3,(H,36,38)(H,37,41). The molecular weight excluding hydrogens is 548 g/mol. The van der Waals surface area contributed by atoms with E-state index in [1.54, 1.807) is 19.4 Å². The zero-order valence-corrected chi connectivity index (χ0v) is 24.3. The number of hydrogen-bond acceptors (Lipinski definition) is 5. The Balaban J connectivity index is 1.16. The number of nitrogens with zero attached hydrogens (tertiary/aromatic N) is 2. The number of rotatable bonds is 9. The van der Waals surface area contributed by atoms with Gasteiger partial charge in [-0.15, -0.1) is 0 Å². The summed E-state index contributed by atoms with van der Waals surface area (Å²) in [6.45, 7) is 1.63. The van der Waals surface area contributed by atoms with Gasteiger partial charge in [0.15, 0.2) is 0 Å². The average molecular weight is 581 g/mol. The molecule has 1 aliphatic rings. The van der Waals surface area contributed by atoms with E-state index in [0.717, 1.165) is 64.8 Å². The SMILES string of the molecule is COc1ccc(Cn2cc(C(=O)NCCCNc3c4c(nc5cc(Cl)ccc35)CCCC4)c(=O)c3ccccc32)cc1. The summed E-state index contributed by atoms with van der Waals surface area (Å²) in [4.78, 5) is 31.4. The number of halogens is 1. The third-order valence-electron chi connectivity index (χ3n) is 7.91. The summed E-state index contributed by atoms with van der Waals surface area (Å²) in [5.41, 5.74) is 6.16. The Hall–Kier alpha value is -4.36. The number of methoxy groups -OCH3 is 1. The van der Waals surface area contributed by atoms with Gasteiger partial charge < -0.3 is 19.9 Å². The number of carbonyl (C=O) groups is 1. The van der Waals surface area contributed by atoms with Crippen LogP contribution >= 0.6 is 11.6 Å². The number of amides is 1. The van der Waals surface area contributed by atoms with Crippen molar-refractivity contribution in [3.8, 4) is 5.75 Å². The highest BCUT2D eigenvalue weighted by Crippen LogP contribution is 2.34. The monoisotopic (exact) mass is 580 g/mol. The second-order valence-corrected chi connectivity index (χ2v) is 11.1. The van der Waals surface area contributed by atoms with E-state index >= 15 is 0 Å². The van der Waals surface area contributed by atoms with Crippen molar-refractivity contribution in [3.05, 3.63) is 111 Å². The summed E-state index contributed by atoms with van der Waals surface area (Å²) in [6, 6.07) is 21.0. The molecule has 42 heavy (non-hydrogen) atoms. The first-order valence-corrected chi connectivity index (χ1v) is 14.8. The Kier molecular flexibility index (Phi) is 8.11. The fourth-order valence-corrected chi connectivity index (χ4v) is 5.93. The van der Waals surface area contributed by atoms with Gasteiger partial charge in [-0.2, -0.15) is 0 Å². The van der Waals surface area contributed by atoms with Gasteiger partial charge in [0, 0.05) is 53.0 Å². The third kappa shape index (κ3) is 5.70. The number of carbonyl (C=O) groups excluding carboxylic acids is 1. The highest BCUT2D eigenvalue weighted by atomic mass is 35.5. The smallest absolute Gasteiger partial charge is 0.256 e. The Morgan fingerprint density at radius 1 is 1.00 bits per heavy atom. The molecule has 0 saturated heterocycles. The second kappa shape index (κ2) is 12.2. The molecule has 2 heterocycles. The van der Waals surface area contributed by atoms with E-state index in [9.17, 15) is 9.59 Å². The molecular formula is C34H33ClN4O3. The van der Waals surface area contributed by atoms with E-state index in [2.05, 4.69) is 10.6 Å². The predicted octanol–water partition coefficient (Wildman–Crippen LogP) is 6.37. The number of aromatic nitrogens is 2. The minimum atomic E-state index is -0.365. The summed E-state index contributed by atoms with van der Waals surface area (Å²) >= 11 is 6.26. The molecule has 7 nitrogen and oxygen atoms in total. The van der Waals surface area contributed by atoms with Crippen LogP contribution in [-0.2, 0) is 19.4 Å². The zero-order valence-electron chi connectivity index (χ0n) is 23.6. The average Bonchev–Trinajstić information content (AvgIpc) is 3.02. The van der Waals surface area contributed by atoms with Gasteiger partial charge in [-0.25, -0.2) is 0 Å². The van der Waals surface area contributed by atoms with Crippen molar-refractivity contribution in [1.29, 1.82) is 0 Å². The Morgan fingerprint density at radius 3 is 2.64 bits per heavy atom. The number of fused-ring (bicyclic) bond motifs is 3. The summed E-state index contributed by atoms with van der Waals surface area (Å²) in [5, 5.41) is 8.85. The van der Waals surface area contributed by atoms with Crippen LogP contribution in [0.2, 0.25) is 5.02 Å². The molecule has 0 saturated carbocycles. The minimum absolute atomic E-state index is 0.140. The van der Waals surface area contributed by atoms with Crippen LogP contribution in [0.1, 0.15) is 46.4 Å². The molecule has 0 aliphatic heterocycles. The topological polar surface area (TPSA) is 85.2 Å². The van der Waals surface area contributed by atoms with Crippen LogP contribution in [0.15, 0.2) is 77.7 Å². The van der Waals surface area contributed by atoms with Crippen molar-refractivity contribution in [2.24, 2.45) is 0 Å². The molecule has 0 fully saturated rings. The van der Waals surface area contributed by atoms with Crippen molar-refractivity contribution in [3.63, 3.8) is 0 Å². The summed E-state index contributed by atoms with van der Waals surface area (Å²) in [6.07, 6.45) is 6.65. The molecule has 2 aromatic heterocycles. The van der Waals surface area contributed by atoms with Crippen molar-refractivity contribution >= 4 is 45.0 Å². The molecule has 8 heteroatoms. The molecule has 3 aromatic carbocycles. The quantitative estimate of drug-likeness (QED) is 0.198. The summed E-state index contributed by atoms with van der Waals surface area (Å²) in [5.74, 6) is 0.412. The van der Waals surface area contributed by atoms with Crippen molar-refractivity contribution in [2.75, 3.05) is 25.5 Å². The van der Waals surface area contributed by atoms with E-state index in [1.165, 1.54) is 5.56 Å². The Labute approximate surface area is 249 Å². The highest BCUT2D eigenvalue weighted by molar-refractivity contribution is 6.31. The molecule has 0 unspecified atom stereocenters. The van der Waals surface area contributed by atoms with Gasteiger partial charge in [0.05, 0.1) is 18.1 Å². The maximum absolute atomic E-state index is 13.3. The van der Waals surface area contributed by atoms with Crippen LogP contribution in [0.3, 0.4) is 0 Å². The fourth-order valence-electron chi connectivity index (χ4n) is 5.76.